The van der Waals surface area contributed by atoms with Crippen molar-refractivity contribution in [2.45, 2.75) is 39.2 Å². The van der Waals surface area contributed by atoms with E-state index in [4.69, 9.17) is 0 Å². The largest absolute Gasteiger partial charge is 0.334 e. The fraction of sp³-hybridized carbons (Fsp3) is 0.667. The lowest BCUT2D eigenvalue weighted by molar-refractivity contribution is -0.122. The van der Waals surface area contributed by atoms with Crippen LogP contribution in [0.2, 0.25) is 0 Å². The van der Waals surface area contributed by atoms with Crippen LogP contribution in [0.15, 0.2) is 18.7 Å². The first-order chi connectivity index (χ1) is 7.18. The third kappa shape index (κ3) is 2.11. The predicted octanol–water partition coefficient (Wildman–Crippen LogP) is 2.45. The zero-order valence-corrected chi connectivity index (χ0v) is 9.39. The molecule has 2 atom stereocenters. The Hall–Kier alpha value is -1.12. The van der Waals surface area contributed by atoms with Crippen LogP contribution >= 0.6 is 0 Å². The van der Waals surface area contributed by atoms with Crippen LogP contribution in [0.4, 0.5) is 0 Å². The summed E-state index contributed by atoms with van der Waals surface area (Å²) in [5.74, 6) is 1.63. The van der Waals surface area contributed by atoms with E-state index in [0.717, 1.165) is 12.8 Å². The fourth-order valence-electron chi connectivity index (χ4n) is 2.58. The minimum absolute atomic E-state index is 0.328. The number of aromatic nitrogens is 2. The van der Waals surface area contributed by atoms with Crippen LogP contribution in [0.5, 0.6) is 0 Å². The van der Waals surface area contributed by atoms with Gasteiger partial charge in [0.25, 0.3) is 0 Å². The van der Waals surface area contributed by atoms with Gasteiger partial charge in [0.05, 0.1) is 6.33 Å². The molecule has 1 aliphatic carbocycles. The lowest BCUT2D eigenvalue weighted by atomic mass is 9.77. The molecular weight excluding hydrogens is 188 g/mol. The van der Waals surface area contributed by atoms with Gasteiger partial charge in [-0.2, -0.15) is 0 Å². The summed E-state index contributed by atoms with van der Waals surface area (Å²) in [6, 6.07) is 0.328. The summed E-state index contributed by atoms with van der Waals surface area (Å²) in [5, 5.41) is 0. The Morgan fingerprint density at radius 1 is 1.53 bits per heavy atom. The number of rotatable bonds is 2. The van der Waals surface area contributed by atoms with Crippen molar-refractivity contribution in [2.24, 2.45) is 11.8 Å². The van der Waals surface area contributed by atoms with Gasteiger partial charge < -0.3 is 4.57 Å². The first-order valence-corrected chi connectivity index (χ1v) is 5.67. The summed E-state index contributed by atoms with van der Waals surface area (Å²) >= 11 is 0. The van der Waals surface area contributed by atoms with Gasteiger partial charge >= 0.3 is 0 Å². The van der Waals surface area contributed by atoms with Crippen molar-refractivity contribution in [1.29, 1.82) is 0 Å². The van der Waals surface area contributed by atoms with Crippen molar-refractivity contribution in [2.75, 3.05) is 0 Å². The van der Waals surface area contributed by atoms with Crippen molar-refractivity contribution in [3.05, 3.63) is 18.7 Å². The molecule has 15 heavy (non-hydrogen) atoms. The number of carbonyl (C=O) groups excluding carboxylic acids is 1. The van der Waals surface area contributed by atoms with Gasteiger partial charge in [-0.05, 0) is 18.3 Å². The average Bonchev–Trinajstić information content (AvgIpc) is 2.69. The van der Waals surface area contributed by atoms with E-state index in [0.29, 0.717) is 30.1 Å². The molecule has 1 fully saturated rings. The van der Waals surface area contributed by atoms with Crippen molar-refractivity contribution >= 4 is 5.78 Å². The second kappa shape index (κ2) is 4.17. The predicted molar refractivity (Wildman–Crippen MR) is 58.5 cm³/mol. The van der Waals surface area contributed by atoms with E-state index in [1.54, 1.807) is 6.20 Å². The number of nitrogens with zero attached hydrogens (tertiary/aromatic N) is 2. The highest BCUT2D eigenvalue weighted by molar-refractivity contribution is 5.79. The van der Waals surface area contributed by atoms with Gasteiger partial charge in [-0.25, -0.2) is 4.98 Å². The molecule has 0 amide bonds. The van der Waals surface area contributed by atoms with E-state index in [2.05, 4.69) is 23.4 Å². The van der Waals surface area contributed by atoms with E-state index in [1.165, 1.54) is 0 Å². The Balaban J connectivity index is 2.20. The van der Waals surface area contributed by atoms with Gasteiger partial charge in [-0.1, -0.05) is 13.8 Å². The van der Waals surface area contributed by atoms with Crippen LogP contribution < -0.4 is 0 Å². The first-order valence-electron chi connectivity index (χ1n) is 5.67. The molecule has 3 heteroatoms. The van der Waals surface area contributed by atoms with Crippen LogP contribution in [-0.2, 0) is 4.79 Å². The zero-order chi connectivity index (χ0) is 10.8. The fourth-order valence-corrected chi connectivity index (χ4v) is 2.58. The van der Waals surface area contributed by atoms with Crippen molar-refractivity contribution in [1.82, 2.24) is 9.55 Å². The lowest BCUT2D eigenvalue weighted by Gasteiger charge is -2.34. The van der Waals surface area contributed by atoms with E-state index in [1.807, 2.05) is 12.5 Å². The molecule has 2 rings (SSSR count). The van der Waals surface area contributed by atoms with Gasteiger partial charge in [0.2, 0.25) is 0 Å². The smallest absolute Gasteiger partial charge is 0.134 e. The first kappa shape index (κ1) is 10.4. The third-order valence-corrected chi connectivity index (χ3v) is 3.45. The number of carbonyl (C=O) groups is 1. The minimum atomic E-state index is 0.328. The average molecular weight is 206 g/mol. The maximum absolute atomic E-state index is 11.5. The Morgan fingerprint density at radius 3 is 2.93 bits per heavy atom. The van der Waals surface area contributed by atoms with Crippen LogP contribution in [0.3, 0.4) is 0 Å². The second-order valence-corrected chi connectivity index (χ2v) is 4.77. The van der Waals surface area contributed by atoms with Crippen LogP contribution in [-0.4, -0.2) is 15.3 Å². The van der Waals surface area contributed by atoms with Crippen LogP contribution in [0.1, 0.15) is 39.2 Å². The van der Waals surface area contributed by atoms with Crippen molar-refractivity contribution in [3.63, 3.8) is 0 Å². The lowest BCUT2D eigenvalue weighted by Crippen LogP contribution is -2.30. The maximum Gasteiger partial charge on any atom is 0.134 e. The molecule has 1 aliphatic rings. The Bertz CT molecular complexity index is 329. The van der Waals surface area contributed by atoms with E-state index >= 15 is 0 Å². The molecule has 1 aromatic heterocycles. The van der Waals surface area contributed by atoms with E-state index in [9.17, 15) is 4.79 Å². The number of ketones is 1. The molecule has 1 heterocycles. The van der Waals surface area contributed by atoms with Crippen molar-refractivity contribution < 1.29 is 4.79 Å². The molecule has 1 saturated carbocycles. The monoisotopic (exact) mass is 206 g/mol. The van der Waals surface area contributed by atoms with Crippen molar-refractivity contribution in [3.8, 4) is 0 Å². The summed E-state index contributed by atoms with van der Waals surface area (Å²) in [7, 11) is 0. The maximum atomic E-state index is 11.5. The van der Waals surface area contributed by atoms with Gasteiger partial charge in [0.15, 0.2) is 0 Å². The second-order valence-electron chi connectivity index (χ2n) is 4.77. The molecule has 0 spiro atoms. The quantitative estimate of drug-likeness (QED) is 0.745. The third-order valence-electron chi connectivity index (χ3n) is 3.45. The summed E-state index contributed by atoms with van der Waals surface area (Å²) < 4.78 is 2.10. The van der Waals surface area contributed by atoms with Gasteiger partial charge in [0, 0.05) is 31.3 Å². The zero-order valence-electron chi connectivity index (χ0n) is 9.39. The van der Waals surface area contributed by atoms with Gasteiger partial charge in [-0.3, -0.25) is 4.79 Å². The summed E-state index contributed by atoms with van der Waals surface area (Å²) in [5.41, 5.74) is 0. The SMILES string of the molecule is CC(C)C1CCC(=O)CC1n1ccnc1. The van der Waals surface area contributed by atoms with Gasteiger partial charge in [-0.15, -0.1) is 0 Å². The van der Waals surface area contributed by atoms with Gasteiger partial charge in [0.1, 0.15) is 5.78 Å². The van der Waals surface area contributed by atoms with Crippen LogP contribution in [0.25, 0.3) is 0 Å². The Morgan fingerprint density at radius 2 is 2.33 bits per heavy atom. The molecule has 0 aromatic carbocycles. The standard InChI is InChI=1S/C12H18N2O/c1-9(2)11-4-3-10(15)7-12(11)14-6-5-13-8-14/h5-6,8-9,11-12H,3-4,7H2,1-2H3. The molecule has 0 saturated heterocycles. The highest BCUT2D eigenvalue weighted by atomic mass is 16.1. The highest BCUT2D eigenvalue weighted by Gasteiger charge is 2.32. The molecule has 1 aromatic rings. The van der Waals surface area contributed by atoms with Crippen LogP contribution in [0, 0.1) is 11.8 Å². The minimum Gasteiger partial charge on any atom is -0.334 e. The Kier molecular flexibility index (Phi) is 2.89. The summed E-state index contributed by atoms with van der Waals surface area (Å²) in [6.07, 6.45) is 8.06. The van der Waals surface area contributed by atoms with E-state index < -0.39 is 0 Å². The summed E-state index contributed by atoms with van der Waals surface area (Å²) in [6.45, 7) is 4.48. The molecule has 2 unspecified atom stereocenters. The Labute approximate surface area is 90.5 Å². The topological polar surface area (TPSA) is 34.9 Å². The molecule has 0 N–H and O–H groups in total. The highest BCUT2D eigenvalue weighted by Crippen LogP contribution is 2.36. The molecule has 0 aliphatic heterocycles. The molecule has 0 bridgehead atoms. The number of hydrogen-bond acceptors (Lipinski definition) is 2. The number of Topliss-reactive ketones (excluding diaryl/α,β-unsaturated/α-hetero) is 1. The normalized spacial score (nSPS) is 27.3. The van der Waals surface area contributed by atoms with E-state index in [-0.39, 0.29) is 0 Å². The molecule has 3 nitrogen and oxygen atoms in total. The molecule has 82 valence electrons. The number of imidazole rings is 1. The number of hydrogen-bond donors (Lipinski definition) is 0. The summed E-state index contributed by atoms with van der Waals surface area (Å²) in [4.78, 5) is 15.6. The molecule has 0 radical (unpaired) electrons. The molecular formula is C12H18N2O.